The Morgan fingerprint density at radius 2 is 1.70 bits per heavy atom. The van der Waals surface area contributed by atoms with Crippen molar-refractivity contribution < 1.29 is 0 Å². The Hall–Kier alpha value is -3.18. The number of likely N-dealkylation sites (N-methyl/N-ethyl adjacent to an activating group) is 1. The summed E-state index contributed by atoms with van der Waals surface area (Å²) in [6, 6.07) is 17.1. The van der Waals surface area contributed by atoms with Gasteiger partial charge < -0.3 is 15.1 Å². The molecule has 5 rings (SSSR count). The lowest BCUT2D eigenvalue weighted by atomic mass is 9.99. The maximum atomic E-state index is 4.76. The van der Waals surface area contributed by atoms with E-state index in [1.165, 1.54) is 28.0 Å². The first-order valence-corrected chi connectivity index (χ1v) is 10.6. The van der Waals surface area contributed by atoms with Gasteiger partial charge in [0.1, 0.15) is 0 Å². The van der Waals surface area contributed by atoms with E-state index in [0.29, 0.717) is 5.95 Å². The monoisotopic (exact) mass is 397 g/mol. The van der Waals surface area contributed by atoms with Crippen molar-refractivity contribution in [1.82, 2.24) is 14.9 Å². The molecule has 5 heteroatoms. The number of fused-ring (bicyclic) bond motifs is 1. The molecule has 2 aromatic carbocycles. The SMILES string of the molecule is Cc1ccccc1C1=Cc2nc(Nc3ccc(N4CCN(C)CC4)cc3)ncc2C1. The van der Waals surface area contributed by atoms with Gasteiger partial charge in [-0.2, -0.15) is 0 Å². The highest BCUT2D eigenvalue weighted by Crippen LogP contribution is 2.32. The van der Waals surface area contributed by atoms with Gasteiger partial charge in [0.15, 0.2) is 0 Å². The van der Waals surface area contributed by atoms with Crippen LogP contribution in [0.2, 0.25) is 0 Å². The first-order chi connectivity index (χ1) is 14.7. The molecule has 152 valence electrons. The maximum Gasteiger partial charge on any atom is 0.227 e. The normalized spacial score (nSPS) is 16.3. The number of allylic oxidation sites excluding steroid dienone is 1. The third-order valence-electron chi connectivity index (χ3n) is 6.07. The molecule has 0 saturated carbocycles. The van der Waals surface area contributed by atoms with Crippen molar-refractivity contribution in [2.45, 2.75) is 13.3 Å². The molecule has 0 amide bonds. The van der Waals surface area contributed by atoms with Crippen LogP contribution in [0.15, 0.2) is 54.7 Å². The topological polar surface area (TPSA) is 44.3 Å². The molecule has 1 saturated heterocycles. The zero-order valence-electron chi connectivity index (χ0n) is 17.6. The number of hydrogen-bond acceptors (Lipinski definition) is 5. The van der Waals surface area contributed by atoms with Crippen molar-refractivity contribution in [2.75, 3.05) is 43.4 Å². The zero-order valence-corrected chi connectivity index (χ0v) is 17.6. The summed E-state index contributed by atoms with van der Waals surface area (Å²) >= 11 is 0. The molecular weight excluding hydrogens is 370 g/mol. The van der Waals surface area contributed by atoms with Crippen molar-refractivity contribution in [3.63, 3.8) is 0 Å². The van der Waals surface area contributed by atoms with Crippen LogP contribution in [-0.4, -0.2) is 48.1 Å². The van der Waals surface area contributed by atoms with Crippen LogP contribution < -0.4 is 10.2 Å². The summed E-state index contributed by atoms with van der Waals surface area (Å²) in [4.78, 5) is 14.1. The van der Waals surface area contributed by atoms with E-state index in [1.54, 1.807) is 0 Å². The highest BCUT2D eigenvalue weighted by atomic mass is 15.2. The Morgan fingerprint density at radius 3 is 2.47 bits per heavy atom. The molecule has 1 aromatic heterocycles. The molecule has 0 atom stereocenters. The standard InChI is InChI=1S/C25H27N5/c1-18-5-3-4-6-23(18)19-15-20-17-26-25(28-24(20)16-19)27-21-7-9-22(10-8-21)30-13-11-29(2)12-14-30/h3-10,16-17H,11-15H2,1-2H3,(H,26,27,28). The van der Waals surface area contributed by atoms with E-state index in [0.717, 1.165) is 44.0 Å². The molecule has 1 fully saturated rings. The molecule has 3 aromatic rings. The molecule has 1 aliphatic carbocycles. The van der Waals surface area contributed by atoms with E-state index in [-0.39, 0.29) is 0 Å². The number of aryl methyl sites for hydroxylation is 1. The van der Waals surface area contributed by atoms with Crippen LogP contribution in [0, 0.1) is 6.92 Å². The molecule has 0 bridgehead atoms. The largest absolute Gasteiger partial charge is 0.369 e. The Labute approximate surface area is 178 Å². The lowest BCUT2D eigenvalue weighted by Gasteiger charge is -2.34. The van der Waals surface area contributed by atoms with Crippen LogP contribution in [0.3, 0.4) is 0 Å². The summed E-state index contributed by atoms with van der Waals surface area (Å²) in [5, 5.41) is 3.36. The molecule has 2 heterocycles. The predicted molar refractivity (Wildman–Crippen MR) is 124 cm³/mol. The molecule has 5 nitrogen and oxygen atoms in total. The molecular formula is C25H27N5. The Balaban J connectivity index is 1.30. The maximum absolute atomic E-state index is 4.76. The van der Waals surface area contributed by atoms with Crippen molar-refractivity contribution in [3.05, 3.63) is 77.1 Å². The lowest BCUT2D eigenvalue weighted by molar-refractivity contribution is 0.313. The minimum absolute atomic E-state index is 0.642. The summed E-state index contributed by atoms with van der Waals surface area (Å²) in [7, 11) is 2.18. The summed E-state index contributed by atoms with van der Waals surface area (Å²) in [6.07, 6.45) is 5.03. The van der Waals surface area contributed by atoms with Gasteiger partial charge in [-0.3, -0.25) is 0 Å². The Morgan fingerprint density at radius 1 is 0.933 bits per heavy atom. The first kappa shape index (κ1) is 18.8. The molecule has 2 aliphatic rings. The van der Waals surface area contributed by atoms with Crippen LogP contribution >= 0.6 is 0 Å². The number of aromatic nitrogens is 2. The average Bonchev–Trinajstić information content (AvgIpc) is 3.18. The fourth-order valence-electron chi connectivity index (χ4n) is 4.22. The predicted octanol–water partition coefficient (Wildman–Crippen LogP) is 4.38. The van der Waals surface area contributed by atoms with Crippen LogP contribution in [0.5, 0.6) is 0 Å². The van der Waals surface area contributed by atoms with Gasteiger partial charge in [0.25, 0.3) is 0 Å². The van der Waals surface area contributed by atoms with E-state index in [2.05, 4.69) is 88.7 Å². The number of nitrogens with one attached hydrogen (secondary N) is 1. The summed E-state index contributed by atoms with van der Waals surface area (Å²) in [5.74, 6) is 0.642. The van der Waals surface area contributed by atoms with Crippen LogP contribution in [0.25, 0.3) is 11.6 Å². The summed E-state index contributed by atoms with van der Waals surface area (Å²) in [5.41, 5.74) is 8.38. The van der Waals surface area contributed by atoms with E-state index < -0.39 is 0 Å². The van der Waals surface area contributed by atoms with E-state index in [9.17, 15) is 0 Å². The third kappa shape index (κ3) is 3.81. The van der Waals surface area contributed by atoms with Crippen LogP contribution in [0.1, 0.15) is 22.4 Å². The molecule has 1 aliphatic heterocycles. The van der Waals surface area contributed by atoms with Gasteiger partial charge in [-0.25, -0.2) is 9.97 Å². The fraction of sp³-hybridized carbons (Fsp3) is 0.280. The first-order valence-electron chi connectivity index (χ1n) is 10.6. The minimum Gasteiger partial charge on any atom is -0.369 e. The van der Waals surface area contributed by atoms with E-state index in [4.69, 9.17) is 4.98 Å². The van der Waals surface area contributed by atoms with Gasteiger partial charge in [0.2, 0.25) is 5.95 Å². The highest BCUT2D eigenvalue weighted by Gasteiger charge is 2.18. The lowest BCUT2D eigenvalue weighted by Crippen LogP contribution is -2.44. The van der Waals surface area contributed by atoms with Crippen LogP contribution in [-0.2, 0) is 6.42 Å². The highest BCUT2D eigenvalue weighted by molar-refractivity contribution is 5.88. The zero-order chi connectivity index (χ0) is 20.5. The number of hydrogen-bond donors (Lipinski definition) is 1. The number of piperazine rings is 1. The van der Waals surface area contributed by atoms with E-state index in [1.807, 2.05) is 6.20 Å². The van der Waals surface area contributed by atoms with Crippen molar-refractivity contribution in [3.8, 4) is 0 Å². The molecule has 30 heavy (non-hydrogen) atoms. The molecule has 1 N–H and O–H groups in total. The van der Waals surface area contributed by atoms with Gasteiger partial charge in [-0.05, 0) is 61.0 Å². The Bertz CT molecular complexity index is 1080. The van der Waals surface area contributed by atoms with Gasteiger partial charge in [0.05, 0.1) is 5.69 Å². The number of nitrogens with zero attached hydrogens (tertiary/aromatic N) is 4. The van der Waals surface area contributed by atoms with Gasteiger partial charge >= 0.3 is 0 Å². The number of rotatable bonds is 4. The second kappa shape index (κ2) is 7.92. The number of anilines is 3. The van der Waals surface area contributed by atoms with Crippen molar-refractivity contribution in [1.29, 1.82) is 0 Å². The van der Waals surface area contributed by atoms with Crippen LogP contribution in [0.4, 0.5) is 17.3 Å². The smallest absolute Gasteiger partial charge is 0.227 e. The summed E-state index contributed by atoms with van der Waals surface area (Å²) in [6.45, 7) is 6.53. The molecule has 0 radical (unpaired) electrons. The van der Waals surface area contributed by atoms with Crippen molar-refractivity contribution in [2.24, 2.45) is 0 Å². The van der Waals surface area contributed by atoms with Gasteiger partial charge in [0, 0.05) is 55.7 Å². The second-order valence-electron chi connectivity index (χ2n) is 8.23. The minimum atomic E-state index is 0.642. The second-order valence-corrected chi connectivity index (χ2v) is 8.23. The van der Waals surface area contributed by atoms with E-state index >= 15 is 0 Å². The summed E-state index contributed by atoms with van der Waals surface area (Å²) < 4.78 is 0. The number of benzene rings is 2. The fourth-order valence-corrected chi connectivity index (χ4v) is 4.22. The molecule has 0 unspecified atom stereocenters. The third-order valence-corrected chi connectivity index (χ3v) is 6.07. The quantitative estimate of drug-likeness (QED) is 0.708. The molecule has 0 spiro atoms. The van der Waals surface area contributed by atoms with Crippen molar-refractivity contribution >= 4 is 29.0 Å². The van der Waals surface area contributed by atoms with Gasteiger partial charge in [-0.1, -0.05) is 24.3 Å². The Kier molecular flexibility index (Phi) is 4.97. The average molecular weight is 398 g/mol. The van der Waals surface area contributed by atoms with Gasteiger partial charge in [-0.15, -0.1) is 0 Å².